The van der Waals surface area contributed by atoms with E-state index in [1.54, 1.807) is 23.3 Å². The van der Waals surface area contributed by atoms with E-state index in [0.717, 1.165) is 11.3 Å². The Morgan fingerprint density at radius 1 is 1.03 bits per heavy atom. The number of amides is 1. The van der Waals surface area contributed by atoms with Crippen LogP contribution in [0.1, 0.15) is 41.4 Å². The lowest BCUT2D eigenvalue weighted by molar-refractivity contribution is 0.0949. The molecule has 0 radical (unpaired) electrons. The molecule has 0 aliphatic rings. The van der Waals surface area contributed by atoms with E-state index < -0.39 is 0 Å². The zero-order valence-corrected chi connectivity index (χ0v) is 17.4. The van der Waals surface area contributed by atoms with Crippen molar-refractivity contribution in [3.8, 4) is 17.4 Å². The molecule has 31 heavy (non-hydrogen) atoms. The molecule has 1 amide bonds. The maximum absolute atomic E-state index is 12.9. The topological polar surface area (TPSA) is 81.9 Å². The Labute approximate surface area is 180 Å². The highest BCUT2D eigenvalue weighted by atomic mass is 16.5. The van der Waals surface area contributed by atoms with Crippen LogP contribution < -0.4 is 10.1 Å². The lowest BCUT2D eigenvalue weighted by Gasteiger charge is -2.12. The van der Waals surface area contributed by atoms with E-state index in [-0.39, 0.29) is 11.8 Å². The number of ether oxygens (including phenoxy) is 1. The predicted molar refractivity (Wildman–Crippen MR) is 117 cm³/mol. The number of aromatic nitrogens is 4. The van der Waals surface area contributed by atoms with Crippen LogP contribution in [0.2, 0.25) is 0 Å². The van der Waals surface area contributed by atoms with Gasteiger partial charge in [0.15, 0.2) is 5.82 Å². The Balaban J connectivity index is 1.48. The highest BCUT2D eigenvalue weighted by Gasteiger charge is 2.21. The summed E-state index contributed by atoms with van der Waals surface area (Å²) in [6.07, 6.45) is 4.97. The average molecular weight is 413 g/mol. The fourth-order valence-corrected chi connectivity index (χ4v) is 3.25. The molecule has 1 aromatic carbocycles. The first-order valence-electron chi connectivity index (χ1n) is 10.1. The van der Waals surface area contributed by atoms with Gasteiger partial charge in [-0.25, -0.2) is 14.6 Å². The first kappa shape index (κ1) is 20.3. The molecular weight excluding hydrogens is 390 g/mol. The second-order valence-corrected chi connectivity index (χ2v) is 7.30. The van der Waals surface area contributed by atoms with E-state index in [9.17, 15) is 4.79 Å². The van der Waals surface area contributed by atoms with E-state index in [1.165, 1.54) is 0 Å². The van der Waals surface area contributed by atoms with Gasteiger partial charge >= 0.3 is 0 Å². The van der Waals surface area contributed by atoms with E-state index >= 15 is 0 Å². The maximum atomic E-state index is 12.9. The first-order chi connectivity index (χ1) is 15.1. The van der Waals surface area contributed by atoms with Gasteiger partial charge in [-0.2, -0.15) is 5.10 Å². The number of nitrogens with one attached hydrogen (secondary N) is 1. The molecule has 0 atom stereocenters. The SMILES string of the molecule is CC(C)c1c(C(=O)NCc2ccnc(Oc3ccccc3)c2)cnn1-c1ccccn1. The van der Waals surface area contributed by atoms with Gasteiger partial charge in [-0.15, -0.1) is 0 Å². The van der Waals surface area contributed by atoms with Crippen LogP contribution in [-0.2, 0) is 6.54 Å². The van der Waals surface area contributed by atoms with Crippen molar-refractivity contribution in [2.75, 3.05) is 0 Å². The third-order valence-corrected chi connectivity index (χ3v) is 4.68. The number of carbonyl (C=O) groups is 1. The first-order valence-corrected chi connectivity index (χ1v) is 10.1. The van der Waals surface area contributed by atoms with Crippen molar-refractivity contribution in [3.05, 3.63) is 96.1 Å². The summed E-state index contributed by atoms with van der Waals surface area (Å²) in [5, 5.41) is 7.38. The van der Waals surface area contributed by atoms with Crippen molar-refractivity contribution in [3.63, 3.8) is 0 Å². The summed E-state index contributed by atoms with van der Waals surface area (Å²) in [5.74, 6) is 1.77. The van der Waals surface area contributed by atoms with Crippen LogP contribution in [0.3, 0.4) is 0 Å². The quantitative estimate of drug-likeness (QED) is 0.482. The van der Waals surface area contributed by atoms with E-state index in [0.29, 0.717) is 29.6 Å². The number of pyridine rings is 2. The lowest BCUT2D eigenvalue weighted by atomic mass is 10.1. The molecule has 156 valence electrons. The number of carbonyl (C=O) groups excluding carboxylic acids is 1. The van der Waals surface area contributed by atoms with Crippen LogP contribution in [0.4, 0.5) is 0 Å². The van der Waals surface area contributed by atoms with Gasteiger partial charge in [0.25, 0.3) is 5.91 Å². The second-order valence-electron chi connectivity index (χ2n) is 7.30. The molecule has 0 fully saturated rings. The summed E-state index contributed by atoms with van der Waals surface area (Å²) in [7, 11) is 0. The Morgan fingerprint density at radius 2 is 1.84 bits per heavy atom. The number of nitrogens with zero attached hydrogens (tertiary/aromatic N) is 4. The smallest absolute Gasteiger partial charge is 0.255 e. The van der Waals surface area contributed by atoms with Crippen LogP contribution in [0.15, 0.2) is 79.3 Å². The molecule has 0 unspecified atom stereocenters. The minimum absolute atomic E-state index is 0.0945. The highest BCUT2D eigenvalue weighted by Crippen LogP contribution is 2.23. The molecule has 4 aromatic rings. The van der Waals surface area contributed by atoms with Gasteiger partial charge in [0.2, 0.25) is 5.88 Å². The zero-order chi connectivity index (χ0) is 21.6. The molecular formula is C24H23N5O2. The van der Waals surface area contributed by atoms with Crippen LogP contribution in [-0.4, -0.2) is 25.7 Å². The molecule has 0 saturated carbocycles. The number of hydrogen-bond donors (Lipinski definition) is 1. The van der Waals surface area contributed by atoms with Crippen molar-refractivity contribution >= 4 is 5.91 Å². The monoisotopic (exact) mass is 413 g/mol. The second kappa shape index (κ2) is 9.21. The number of benzene rings is 1. The molecule has 0 aliphatic heterocycles. The molecule has 3 heterocycles. The Bertz CT molecular complexity index is 1160. The van der Waals surface area contributed by atoms with Gasteiger partial charge in [0, 0.05) is 25.0 Å². The van der Waals surface area contributed by atoms with Gasteiger partial charge in [-0.3, -0.25) is 4.79 Å². The molecule has 0 bridgehead atoms. The summed E-state index contributed by atoms with van der Waals surface area (Å²) < 4.78 is 7.49. The fourth-order valence-electron chi connectivity index (χ4n) is 3.25. The third-order valence-electron chi connectivity index (χ3n) is 4.68. The van der Waals surface area contributed by atoms with Gasteiger partial charge in [0.05, 0.1) is 17.5 Å². The normalized spacial score (nSPS) is 10.8. The van der Waals surface area contributed by atoms with E-state index in [2.05, 4.69) is 20.4 Å². The molecule has 4 rings (SSSR count). The van der Waals surface area contributed by atoms with Gasteiger partial charge < -0.3 is 10.1 Å². The minimum atomic E-state index is -0.187. The summed E-state index contributed by atoms with van der Waals surface area (Å²) in [6, 6.07) is 18.7. The van der Waals surface area contributed by atoms with Gasteiger partial charge in [-0.05, 0) is 41.8 Å². The Kier molecular flexibility index (Phi) is 6.03. The predicted octanol–water partition coefficient (Wildman–Crippen LogP) is 4.51. The third kappa shape index (κ3) is 4.78. The molecule has 3 aromatic heterocycles. The van der Waals surface area contributed by atoms with Crippen molar-refractivity contribution in [2.45, 2.75) is 26.3 Å². The largest absolute Gasteiger partial charge is 0.439 e. The van der Waals surface area contributed by atoms with Crippen molar-refractivity contribution in [2.24, 2.45) is 0 Å². The van der Waals surface area contributed by atoms with E-state index in [1.807, 2.05) is 74.5 Å². The lowest BCUT2D eigenvalue weighted by Crippen LogP contribution is -2.24. The molecule has 0 aliphatic carbocycles. The van der Waals surface area contributed by atoms with Crippen LogP contribution in [0, 0.1) is 0 Å². The minimum Gasteiger partial charge on any atom is -0.439 e. The van der Waals surface area contributed by atoms with Gasteiger partial charge in [-0.1, -0.05) is 38.1 Å². The van der Waals surface area contributed by atoms with Crippen molar-refractivity contribution < 1.29 is 9.53 Å². The van der Waals surface area contributed by atoms with Crippen molar-refractivity contribution in [1.29, 1.82) is 0 Å². The molecule has 1 N–H and O–H groups in total. The van der Waals surface area contributed by atoms with Gasteiger partial charge in [0.1, 0.15) is 5.75 Å². The molecule has 0 spiro atoms. The summed E-state index contributed by atoms with van der Waals surface area (Å²) >= 11 is 0. The summed E-state index contributed by atoms with van der Waals surface area (Å²) in [5.41, 5.74) is 2.24. The zero-order valence-electron chi connectivity index (χ0n) is 17.4. The highest BCUT2D eigenvalue weighted by molar-refractivity contribution is 5.95. The molecule has 7 nitrogen and oxygen atoms in total. The summed E-state index contributed by atoms with van der Waals surface area (Å²) in [4.78, 5) is 21.5. The van der Waals surface area contributed by atoms with E-state index in [4.69, 9.17) is 4.74 Å². The standard InChI is InChI=1S/C24H23N5O2/c1-17(2)23-20(16-28-29(23)21-10-6-7-12-25-21)24(30)27-15-18-11-13-26-22(14-18)31-19-8-4-3-5-9-19/h3-14,16-17H,15H2,1-2H3,(H,27,30). The Hall–Kier alpha value is -4.00. The number of hydrogen-bond acceptors (Lipinski definition) is 5. The Morgan fingerprint density at radius 3 is 2.58 bits per heavy atom. The molecule has 7 heteroatoms. The summed E-state index contributed by atoms with van der Waals surface area (Å²) in [6.45, 7) is 4.41. The van der Waals surface area contributed by atoms with Crippen molar-refractivity contribution in [1.82, 2.24) is 25.1 Å². The number of rotatable bonds is 7. The average Bonchev–Trinajstić information content (AvgIpc) is 3.25. The van der Waals surface area contributed by atoms with Crippen LogP contribution >= 0.6 is 0 Å². The molecule has 0 saturated heterocycles. The van der Waals surface area contributed by atoms with Crippen LogP contribution in [0.5, 0.6) is 11.6 Å². The van der Waals surface area contributed by atoms with Crippen LogP contribution in [0.25, 0.3) is 5.82 Å². The maximum Gasteiger partial charge on any atom is 0.255 e. The fraction of sp³-hybridized carbons (Fsp3) is 0.167. The number of para-hydroxylation sites is 1.